The van der Waals surface area contributed by atoms with Crippen LogP contribution in [0.15, 0.2) is 90.0 Å². The topological polar surface area (TPSA) is 68.2 Å². The van der Waals surface area contributed by atoms with Crippen LogP contribution >= 0.6 is 23.2 Å². The van der Waals surface area contributed by atoms with Crippen LogP contribution in [0.4, 0.5) is 0 Å². The fourth-order valence-corrected chi connectivity index (χ4v) is 7.15. The molecule has 0 N–H and O–H groups in total. The SMILES string of the molecule is CCOc1cc(/C=N\N2C(=O)[C@H]3C4c5ccccc5C(c5ccccc54)[C@@H]3C2=O)ccc1OCc1ccc(Cl)cc1Cl. The highest BCUT2D eigenvalue weighted by Gasteiger charge is 2.61. The molecule has 6 nitrogen and oxygen atoms in total. The maximum absolute atomic E-state index is 13.8. The Kier molecular flexibility index (Phi) is 6.76. The minimum Gasteiger partial charge on any atom is -0.490 e. The van der Waals surface area contributed by atoms with E-state index < -0.39 is 11.8 Å². The molecule has 1 aliphatic heterocycles. The Balaban J connectivity index is 1.15. The van der Waals surface area contributed by atoms with Gasteiger partial charge in [0.2, 0.25) is 0 Å². The zero-order chi connectivity index (χ0) is 29.0. The van der Waals surface area contributed by atoms with Crippen molar-refractivity contribution in [3.8, 4) is 11.5 Å². The molecule has 3 aliphatic carbocycles. The van der Waals surface area contributed by atoms with Gasteiger partial charge in [0, 0.05) is 27.4 Å². The van der Waals surface area contributed by atoms with Crippen molar-refractivity contribution in [3.63, 3.8) is 0 Å². The van der Waals surface area contributed by atoms with E-state index in [9.17, 15) is 9.59 Å². The number of rotatable bonds is 7. The molecule has 0 spiro atoms. The summed E-state index contributed by atoms with van der Waals surface area (Å²) in [6, 6.07) is 27.0. The Labute approximate surface area is 253 Å². The van der Waals surface area contributed by atoms with Gasteiger partial charge >= 0.3 is 0 Å². The second kappa shape index (κ2) is 10.6. The lowest BCUT2D eigenvalue weighted by Gasteiger charge is -2.45. The molecule has 1 fully saturated rings. The summed E-state index contributed by atoms with van der Waals surface area (Å²) in [6.45, 7) is 2.54. The van der Waals surface area contributed by atoms with Crippen LogP contribution < -0.4 is 9.47 Å². The van der Waals surface area contributed by atoms with Crippen molar-refractivity contribution in [1.82, 2.24) is 5.01 Å². The van der Waals surface area contributed by atoms with Crippen molar-refractivity contribution in [1.29, 1.82) is 0 Å². The lowest BCUT2D eigenvalue weighted by atomic mass is 9.55. The Morgan fingerprint density at radius 3 is 1.90 bits per heavy atom. The maximum atomic E-state index is 13.8. The summed E-state index contributed by atoms with van der Waals surface area (Å²) in [5, 5.41) is 6.57. The van der Waals surface area contributed by atoms with Gasteiger partial charge < -0.3 is 9.47 Å². The van der Waals surface area contributed by atoms with E-state index in [4.69, 9.17) is 32.7 Å². The Bertz CT molecular complexity index is 1650. The predicted octanol–water partition coefficient (Wildman–Crippen LogP) is 7.20. The number of amides is 2. The predicted molar refractivity (Wildman–Crippen MR) is 161 cm³/mol. The van der Waals surface area contributed by atoms with E-state index in [0.29, 0.717) is 33.7 Å². The first kappa shape index (κ1) is 26.7. The number of imide groups is 1. The molecule has 8 rings (SSSR count). The van der Waals surface area contributed by atoms with Gasteiger partial charge in [-0.2, -0.15) is 10.1 Å². The van der Waals surface area contributed by atoms with E-state index in [2.05, 4.69) is 29.4 Å². The molecule has 1 heterocycles. The second-order valence-electron chi connectivity index (χ2n) is 10.7. The van der Waals surface area contributed by atoms with Gasteiger partial charge in [-0.25, -0.2) is 0 Å². The lowest BCUT2D eigenvalue weighted by molar-refractivity contribution is -0.139. The van der Waals surface area contributed by atoms with Crippen molar-refractivity contribution in [2.45, 2.75) is 25.4 Å². The number of benzene rings is 4. The monoisotopic (exact) mass is 596 g/mol. The van der Waals surface area contributed by atoms with Gasteiger partial charge in [-0.1, -0.05) is 77.8 Å². The number of carbonyl (C=O) groups excluding carboxylic acids is 2. The number of hydrogen-bond acceptors (Lipinski definition) is 5. The first-order chi connectivity index (χ1) is 20.5. The molecule has 1 saturated heterocycles. The van der Waals surface area contributed by atoms with Gasteiger partial charge in [0.1, 0.15) is 6.61 Å². The van der Waals surface area contributed by atoms with Crippen LogP contribution in [0, 0.1) is 11.8 Å². The summed E-state index contributed by atoms with van der Waals surface area (Å²) in [7, 11) is 0. The third-order valence-corrected chi connectivity index (χ3v) is 9.00. The first-order valence-corrected chi connectivity index (χ1v) is 14.6. The largest absolute Gasteiger partial charge is 0.490 e. The molecule has 4 aromatic carbocycles. The minimum absolute atomic E-state index is 0.167. The molecule has 4 aromatic rings. The van der Waals surface area contributed by atoms with E-state index in [1.54, 1.807) is 30.3 Å². The van der Waals surface area contributed by atoms with Crippen molar-refractivity contribution in [2.75, 3.05) is 6.61 Å². The quantitative estimate of drug-likeness (QED) is 0.167. The van der Waals surface area contributed by atoms with E-state index in [-0.39, 0.29) is 30.3 Å². The standard InChI is InChI=1S/C34H26Cl2N2O4/c1-2-41-28-15-19(11-14-27(28)42-18-20-12-13-21(35)16-26(20)36)17-37-38-33(39)31-29-22-7-3-4-8-23(22)30(32(31)34(38)40)25-10-6-5-9-24(25)29/h3-17,29-32H,2,18H2,1H3/b37-17-/t29?,30?,31-,32-/m0/s1. The van der Waals surface area contributed by atoms with Crippen LogP contribution in [0.1, 0.15) is 52.1 Å². The lowest BCUT2D eigenvalue weighted by Crippen LogP contribution is -2.41. The molecule has 210 valence electrons. The molecule has 0 unspecified atom stereocenters. The normalized spacial score (nSPS) is 21.8. The van der Waals surface area contributed by atoms with Crippen LogP contribution in [0.5, 0.6) is 11.5 Å². The van der Waals surface area contributed by atoms with Gasteiger partial charge in [-0.05, 0) is 65.1 Å². The minimum atomic E-state index is -0.473. The maximum Gasteiger partial charge on any atom is 0.254 e. The van der Waals surface area contributed by atoms with Crippen LogP contribution in [0.3, 0.4) is 0 Å². The van der Waals surface area contributed by atoms with Gasteiger partial charge in [0.15, 0.2) is 11.5 Å². The Morgan fingerprint density at radius 1 is 0.762 bits per heavy atom. The van der Waals surface area contributed by atoms with E-state index in [1.807, 2.05) is 37.3 Å². The van der Waals surface area contributed by atoms with Crippen molar-refractivity contribution >= 4 is 41.2 Å². The highest BCUT2D eigenvalue weighted by Crippen LogP contribution is 2.61. The molecular weight excluding hydrogens is 571 g/mol. The fourth-order valence-electron chi connectivity index (χ4n) is 6.69. The smallest absolute Gasteiger partial charge is 0.254 e. The zero-order valence-corrected chi connectivity index (χ0v) is 24.2. The Hall–Kier alpha value is -4.13. The second-order valence-corrected chi connectivity index (χ2v) is 11.5. The number of nitrogens with zero attached hydrogens (tertiary/aromatic N) is 2. The molecule has 0 saturated carbocycles. The van der Waals surface area contributed by atoms with Gasteiger partial charge in [-0.3, -0.25) is 9.59 Å². The summed E-state index contributed by atoms with van der Waals surface area (Å²) in [5.41, 5.74) is 5.98. The van der Waals surface area contributed by atoms with Crippen LogP contribution in [0.25, 0.3) is 0 Å². The molecule has 2 amide bonds. The van der Waals surface area contributed by atoms with E-state index in [1.165, 1.54) is 6.21 Å². The first-order valence-electron chi connectivity index (χ1n) is 13.9. The van der Waals surface area contributed by atoms with Gasteiger partial charge in [0.25, 0.3) is 11.8 Å². The van der Waals surface area contributed by atoms with E-state index >= 15 is 0 Å². The molecule has 42 heavy (non-hydrogen) atoms. The van der Waals surface area contributed by atoms with Crippen molar-refractivity contribution < 1.29 is 19.1 Å². The summed E-state index contributed by atoms with van der Waals surface area (Å²) in [6.07, 6.45) is 1.53. The summed E-state index contributed by atoms with van der Waals surface area (Å²) in [5.74, 6) is -0.749. The summed E-state index contributed by atoms with van der Waals surface area (Å²) in [4.78, 5) is 27.6. The molecule has 0 radical (unpaired) electrons. The van der Waals surface area contributed by atoms with Crippen LogP contribution in [0.2, 0.25) is 10.0 Å². The van der Waals surface area contributed by atoms with Crippen LogP contribution in [-0.2, 0) is 16.2 Å². The third-order valence-electron chi connectivity index (χ3n) is 8.41. The van der Waals surface area contributed by atoms with E-state index in [0.717, 1.165) is 32.8 Å². The number of halogens is 2. The van der Waals surface area contributed by atoms with Gasteiger partial charge in [0.05, 0.1) is 24.7 Å². The number of ether oxygens (including phenoxy) is 2. The molecule has 8 heteroatoms. The number of hydrazone groups is 1. The summed E-state index contributed by atoms with van der Waals surface area (Å²) < 4.78 is 11.8. The average Bonchev–Trinajstić information content (AvgIpc) is 3.26. The molecule has 4 aliphatic rings. The van der Waals surface area contributed by atoms with Gasteiger partial charge in [-0.15, -0.1) is 0 Å². The van der Waals surface area contributed by atoms with Crippen LogP contribution in [-0.4, -0.2) is 29.6 Å². The Morgan fingerprint density at radius 2 is 1.36 bits per heavy atom. The summed E-state index contributed by atoms with van der Waals surface area (Å²) >= 11 is 12.3. The zero-order valence-electron chi connectivity index (χ0n) is 22.7. The molecule has 0 aromatic heterocycles. The third kappa shape index (κ3) is 4.29. The average molecular weight is 597 g/mol. The highest BCUT2D eigenvalue weighted by atomic mass is 35.5. The molecular formula is C34H26Cl2N2O4. The fraction of sp³-hybridized carbons (Fsp3) is 0.206. The van der Waals surface area contributed by atoms with Crippen molar-refractivity contribution in [2.24, 2.45) is 16.9 Å². The number of carbonyl (C=O) groups is 2. The highest BCUT2D eigenvalue weighted by molar-refractivity contribution is 6.35. The molecule has 2 atom stereocenters. The molecule has 2 bridgehead atoms. The number of hydrogen-bond donors (Lipinski definition) is 0. The van der Waals surface area contributed by atoms with Crippen molar-refractivity contribution in [3.05, 3.63) is 128 Å².